The summed E-state index contributed by atoms with van der Waals surface area (Å²) in [6.07, 6.45) is 4.43. The Morgan fingerprint density at radius 2 is 2.36 bits per heavy atom. The Morgan fingerprint density at radius 1 is 1.44 bits per heavy atom. The quantitative estimate of drug-likeness (QED) is 0.839. The number of nitrogens with zero attached hydrogens (tertiary/aromatic N) is 4. The van der Waals surface area contributed by atoms with Gasteiger partial charge in [-0.15, -0.1) is 11.3 Å². The highest BCUT2D eigenvalue weighted by atomic mass is 32.1. The van der Waals surface area contributed by atoms with E-state index in [1.165, 1.54) is 4.88 Å². The molecule has 2 aromatic heterocycles. The molecule has 2 aromatic rings. The summed E-state index contributed by atoms with van der Waals surface area (Å²) in [4.78, 5) is 27.1. The van der Waals surface area contributed by atoms with E-state index in [4.69, 9.17) is 4.74 Å². The number of carbonyl (C=O) groups excluding carboxylic acids is 1. The van der Waals surface area contributed by atoms with Crippen LogP contribution >= 0.6 is 11.3 Å². The van der Waals surface area contributed by atoms with Crippen molar-refractivity contribution in [1.82, 2.24) is 19.8 Å². The van der Waals surface area contributed by atoms with E-state index in [9.17, 15) is 4.79 Å². The topological polar surface area (TPSA) is 58.6 Å². The van der Waals surface area contributed by atoms with Gasteiger partial charge in [-0.1, -0.05) is 0 Å². The first-order valence-electron chi connectivity index (χ1n) is 8.66. The highest BCUT2D eigenvalue weighted by molar-refractivity contribution is 7.09. The number of hydrogen-bond donors (Lipinski definition) is 0. The van der Waals surface area contributed by atoms with Gasteiger partial charge in [0.25, 0.3) is 5.91 Å². The lowest BCUT2D eigenvalue weighted by molar-refractivity contribution is -0.0913. The minimum Gasteiger partial charge on any atom is -0.374 e. The van der Waals surface area contributed by atoms with E-state index in [0.717, 1.165) is 31.7 Å². The van der Waals surface area contributed by atoms with Crippen LogP contribution in [0.25, 0.3) is 0 Å². The number of piperidine rings is 1. The van der Waals surface area contributed by atoms with Gasteiger partial charge in [0.1, 0.15) is 0 Å². The average Bonchev–Trinajstić information content (AvgIpc) is 3.06. The second-order valence-electron chi connectivity index (χ2n) is 6.60. The number of ether oxygens (including phenoxy) is 1. The number of thiazole rings is 1. The number of morpholine rings is 1. The van der Waals surface area contributed by atoms with Gasteiger partial charge in [-0.3, -0.25) is 14.7 Å². The Hall–Kier alpha value is -1.83. The number of hydrogen-bond acceptors (Lipinski definition) is 6. The SMILES string of the molecule is Cc1ncsc1CN1CC[C@H]2OCCN(C(=O)c3cccnc3)[C@@H]2C1. The van der Waals surface area contributed by atoms with Crippen molar-refractivity contribution >= 4 is 17.2 Å². The Labute approximate surface area is 151 Å². The van der Waals surface area contributed by atoms with Crippen LogP contribution in [0.5, 0.6) is 0 Å². The lowest BCUT2D eigenvalue weighted by atomic mass is 9.97. The van der Waals surface area contributed by atoms with Crippen molar-refractivity contribution in [2.45, 2.75) is 32.0 Å². The van der Waals surface area contributed by atoms with Crippen molar-refractivity contribution in [3.63, 3.8) is 0 Å². The molecule has 2 aliphatic rings. The summed E-state index contributed by atoms with van der Waals surface area (Å²) in [6, 6.07) is 3.75. The number of amides is 1. The molecule has 0 saturated carbocycles. The lowest BCUT2D eigenvalue weighted by Crippen LogP contribution is -2.61. The van der Waals surface area contributed by atoms with Crippen molar-refractivity contribution in [3.05, 3.63) is 46.2 Å². The van der Waals surface area contributed by atoms with Gasteiger partial charge in [0.05, 0.1) is 35.5 Å². The first kappa shape index (κ1) is 16.6. The van der Waals surface area contributed by atoms with Crippen LogP contribution in [0.2, 0.25) is 0 Å². The zero-order valence-electron chi connectivity index (χ0n) is 14.3. The molecule has 7 heteroatoms. The van der Waals surface area contributed by atoms with E-state index in [2.05, 4.69) is 21.8 Å². The molecule has 2 aliphatic heterocycles. The van der Waals surface area contributed by atoms with E-state index < -0.39 is 0 Å². The minimum absolute atomic E-state index is 0.0576. The number of rotatable bonds is 3. The fourth-order valence-corrected chi connectivity index (χ4v) is 4.49. The van der Waals surface area contributed by atoms with E-state index in [1.54, 1.807) is 23.7 Å². The second-order valence-corrected chi connectivity index (χ2v) is 7.54. The van der Waals surface area contributed by atoms with Gasteiger partial charge < -0.3 is 9.64 Å². The molecular weight excluding hydrogens is 336 g/mol. The molecule has 25 heavy (non-hydrogen) atoms. The maximum atomic E-state index is 12.9. The molecule has 2 fully saturated rings. The van der Waals surface area contributed by atoms with Crippen LogP contribution in [0.3, 0.4) is 0 Å². The Bertz CT molecular complexity index is 736. The first-order valence-corrected chi connectivity index (χ1v) is 9.54. The van der Waals surface area contributed by atoms with E-state index in [0.29, 0.717) is 18.7 Å². The predicted molar refractivity (Wildman–Crippen MR) is 95.5 cm³/mol. The maximum absolute atomic E-state index is 12.9. The molecule has 0 unspecified atom stereocenters. The molecule has 0 bridgehead atoms. The Balaban J connectivity index is 1.50. The molecule has 2 saturated heterocycles. The molecule has 0 N–H and O–H groups in total. The minimum atomic E-state index is 0.0576. The van der Waals surface area contributed by atoms with Gasteiger partial charge in [0.2, 0.25) is 0 Å². The highest BCUT2D eigenvalue weighted by Crippen LogP contribution is 2.26. The van der Waals surface area contributed by atoms with Gasteiger partial charge in [-0.2, -0.15) is 0 Å². The molecule has 0 radical (unpaired) electrons. The Kier molecular flexibility index (Phi) is 4.78. The Morgan fingerprint density at radius 3 is 3.12 bits per heavy atom. The summed E-state index contributed by atoms with van der Waals surface area (Å²) in [6.45, 7) is 6.04. The summed E-state index contributed by atoms with van der Waals surface area (Å²) < 4.78 is 5.96. The summed E-state index contributed by atoms with van der Waals surface area (Å²) >= 11 is 1.70. The maximum Gasteiger partial charge on any atom is 0.255 e. The van der Waals surface area contributed by atoms with E-state index in [1.807, 2.05) is 22.5 Å². The lowest BCUT2D eigenvalue weighted by Gasteiger charge is -2.47. The van der Waals surface area contributed by atoms with Crippen molar-refractivity contribution in [1.29, 1.82) is 0 Å². The number of aromatic nitrogens is 2. The molecule has 132 valence electrons. The van der Waals surface area contributed by atoms with Crippen LogP contribution in [0.1, 0.15) is 27.3 Å². The van der Waals surface area contributed by atoms with Gasteiger partial charge in [-0.05, 0) is 25.5 Å². The molecule has 4 rings (SSSR count). The van der Waals surface area contributed by atoms with Crippen LogP contribution in [0, 0.1) is 6.92 Å². The van der Waals surface area contributed by atoms with Gasteiger partial charge in [-0.25, -0.2) is 4.98 Å². The number of aryl methyl sites for hydroxylation is 1. The summed E-state index contributed by atoms with van der Waals surface area (Å²) in [7, 11) is 0. The van der Waals surface area contributed by atoms with E-state index in [-0.39, 0.29) is 18.1 Å². The van der Waals surface area contributed by atoms with Crippen molar-refractivity contribution < 1.29 is 9.53 Å². The fraction of sp³-hybridized carbons (Fsp3) is 0.500. The van der Waals surface area contributed by atoms with Crippen LogP contribution in [-0.4, -0.2) is 64.1 Å². The zero-order valence-corrected chi connectivity index (χ0v) is 15.1. The van der Waals surface area contributed by atoms with E-state index >= 15 is 0 Å². The molecule has 0 aliphatic carbocycles. The third-order valence-corrected chi connectivity index (χ3v) is 5.97. The fourth-order valence-electron chi connectivity index (χ4n) is 3.67. The summed E-state index contributed by atoms with van der Waals surface area (Å²) in [5, 5.41) is 0. The van der Waals surface area contributed by atoms with Crippen molar-refractivity contribution in [2.24, 2.45) is 0 Å². The normalized spacial score (nSPS) is 24.1. The molecular formula is C18H22N4O2S. The summed E-state index contributed by atoms with van der Waals surface area (Å²) in [5.41, 5.74) is 3.66. The third kappa shape index (κ3) is 3.44. The predicted octanol–water partition coefficient (Wildman–Crippen LogP) is 1.96. The van der Waals surface area contributed by atoms with Gasteiger partial charge in [0, 0.05) is 43.4 Å². The third-order valence-electron chi connectivity index (χ3n) is 5.05. The van der Waals surface area contributed by atoms with Crippen molar-refractivity contribution in [3.8, 4) is 0 Å². The van der Waals surface area contributed by atoms with Gasteiger partial charge in [0.15, 0.2) is 0 Å². The zero-order chi connectivity index (χ0) is 17.2. The number of pyridine rings is 1. The number of carbonyl (C=O) groups is 1. The second kappa shape index (κ2) is 7.19. The van der Waals surface area contributed by atoms with Crippen LogP contribution in [-0.2, 0) is 11.3 Å². The van der Waals surface area contributed by atoms with Crippen LogP contribution in [0.15, 0.2) is 30.0 Å². The molecule has 2 atom stereocenters. The van der Waals surface area contributed by atoms with Crippen LogP contribution < -0.4 is 0 Å². The summed E-state index contributed by atoms with van der Waals surface area (Å²) in [5.74, 6) is 0.0576. The number of fused-ring (bicyclic) bond motifs is 1. The molecule has 1 amide bonds. The van der Waals surface area contributed by atoms with Gasteiger partial charge >= 0.3 is 0 Å². The van der Waals surface area contributed by atoms with Crippen LogP contribution in [0.4, 0.5) is 0 Å². The number of likely N-dealkylation sites (tertiary alicyclic amines) is 1. The first-order chi connectivity index (χ1) is 12.2. The molecule has 0 spiro atoms. The molecule has 0 aromatic carbocycles. The largest absolute Gasteiger partial charge is 0.374 e. The van der Waals surface area contributed by atoms with Crippen molar-refractivity contribution in [2.75, 3.05) is 26.2 Å². The molecule has 4 heterocycles. The monoisotopic (exact) mass is 358 g/mol. The highest BCUT2D eigenvalue weighted by Gasteiger charge is 2.39. The molecule has 6 nitrogen and oxygen atoms in total. The standard InChI is InChI=1S/C18H22N4O2S/c1-13-17(25-12-20-13)11-21-6-4-16-15(10-21)22(7-8-24-16)18(23)14-3-2-5-19-9-14/h2-3,5,9,12,15-16H,4,6-8,10-11H2,1H3/t15-,16-/m1/s1. The average molecular weight is 358 g/mol. The smallest absolute Gasteiger partial charge is 0.255 e.